The summed E-state index contributed by atoms with van der Waals surface area (Å²) in [7, 11) is -3.85. The van der Waals surface area contributed by atoms with Crippen LogP contribution in [-0.2, 0) is 19.6 Å². The van der Waals surface area contributed by atoms with Gasteiger partial charge in [-0.15, -0.1) is 0 Å². The molecule has 0 radical (unpaired) electrons. The van der Waals surface area contributed by atoms with Crippen LogP contribution < -0.4 is 5.32 Å². The number of halogens is 2. The summed E-state index contributed by atoms with van der Waals surface area (Å²) < 4.78 is 32.3. The van der Waals surface area contributed by atoms with E-state index in [9.17, 15) is 18.0 Å². The van der Waals surface area contributed by atoms with Gasteiger partial charge in [0.2, 0.25) is 10.0 Å². The van der Waals surface area contributed by atoms with Crippen molar-refractivity contribution in [3.63, 3.8) is 0 Å². The maximum Gasteiger partial charge on any atom is 0.338 e. The minimum absolute atomic E-state index is 0.00413. The van der Waals surface area contributed by atoms with E-state index in [4.69, 9.17) is 16.3 Å². The normalized spacial score (nSPS) is 11.5. The summed E-state index contributed by atoms with van der Waals surface area (Å²) >= 11 is 10.5. The van der Waals surface area contributed by atoms with Gasteiger partial charge in [-0.25, -0.2) is 18.2 Å². The monoisotopic (exact) mass is 509 g/mol. The predicted octanol–water partition coefficient (Wildman–Crippen LogP) is 3.39. The van der Waals surface area contributed by atoms with Crippen molar-refractivity contribution in [3.8, 4) is 0 Å². The second-order valence-corrected chi connectivity index (χ2v) is 10.1. The fraction of sp³-hybridized carbons (Fsp3) is 0.312. The molecule has 28 heavy (non-hydrogen) atoms. The maximum atomic E-state index is 12.7. The molecule has 1 aromatic heterocycles. The zero-order valence-corrected chi connectivity index (χ0v) is 18.9. The molecular formula is C16H17BrClN3O5S2. The summed E-state index contributed by atoms with van der Waals surface area (Å²) in [5.41, 5.74) is -0.0278. The molecule has 1 N–H and O–H groups in total. The second kappa shape index (κ2) is 9.79. The highest BCUT2D eigenvalue weighted by Crippen LogP contribution is 2.26. The number of anilines is 1. The number of esters is 1. The molecule has 0 aliphatic carbocycles. The van der Waals surface area contributed by atoms with Gasteiger partial charge in [0.15, 0.2) is 11.7 Å². The van der Waals surface area contributed by atoms with Gasteiger partial charge in [0.25, 0.3) is 5.91 Å². The third kappa shape index (κ3) is 5.51. The molecular weight excluding hydrogens is 494 g/mol. The first-order chi connectivity index (χ1) is 13.2. The third-order valence-electron chi connectivity index (χ3n) is 3.55. The number of carbonyl (C=O) groups is 2. The Labute approximate surface area is 180 Å². The molecule has 0 spiro atoms. The quantitative estimate of drug-likeness (QED) is 0.546. The molecule has 12 heteroatoms. The number of thiazole rings is 1. The lowest BCUT2D eigenvalue weighted by Crippen LogP contribution is -2.31. The van der Waals surface area contributed by atoms with E-state index >= 15 is 0 Å². The minimum atomic E-state index is -3.85. The van der Waals surface area contributed by atoms with Crippen molar-refractivity contribution in [3.05, 3.63) is 38.8 Å². The summed E-state index contributed by atoms with van der Waals surface area (Å²) in [4.78, 5) is 27.8. The van der Waals surface area contributed by atoms with Crippen molar-refractivity contribution in [2.24, 2.45) is 0 Å². The van der Waals surface area contributed by atoms with Crippen molar-refractivity contribution in [2.45, 2.75) is 18.7 Å². The Kier molecular flexibility index (Phi) is 7.96. The number of aromatic nitrogens is 1. The van der Waals surface area contributed by atoms with Crippen molar-refractivity contribution < 1.29 is 22.7 Å². The Hall–Kier alpha value is -1.53. The van der Waals surface area contributed by atoms with Gasteiger partial charge in [0.1, 0.15) is 4.90 Å². The average Bonchev–Trinajstić information content (AvgIpc) is 3.05. The van der Waals surface area contributed by atoms with E-state index in [0.29, 0.717) is 5.13 Å². The zero-order valence-electron chi connectivity index (χ0n) is 14.9. The van der Waals surface area contributed by atoms with Crippen LogP contribution in [0.15, 0.2) is 33.1 Å². The zero-order chi connectivity index (χ0) is 20.9. The lowest BCUT2D eigenvalue weighted by atomic mass is 10.2. The van der Waals surface area contributed by atoms with Crippen LogP contribution in [0, 0.1) is 0 Å². The summed E-state index contributed by atoms with van der Waals surface area (Å²) in [6, 6.07) is 3.79. The van der Waals surface area contributed by atoms with Gasteiger partial charge in [0, 0.05) is 13.1 Å². The van der Waals surface area contributed by atoms with E-state index in [2.05, 4.69) is 26.2 Å². The SMILES string of the molecule is CCN(CC)S(=O)(=O)c1cc(C(=O)OCC(=O)Nc2ncc(Br)s2)ccc1Cl. The fourth-order valence-electron chi connectivity index (χ4n) is 2.21. The first-order valence-corrected chi connectivity index (χ1v) is 11.5. The molecule has 0 aliphatic rings. The van der Waals surface area contributed by atoms with Crippen LogP contribution in [0.3, 0.4) is 0 Å². The smallest absolute Gasteiger partial charge is 0.338 e. The van der Waals surface area contributed by atoms with Crippen LogP contribution in [0.25, 0.3) is 0 Å². The Morgan fingerprint density at radius 3 is 2.57 bits per heavy atom. The van der Waals surface area contributed by atoms with E-state index in [0.717, 1.165) is 9.85 Å². The van der Waals surface area contributed by atoms with Gasteiger partial charge in [-0.3, -0.25) is 10.1 Å². The van der Waals surface area contributed by atoms with E-state index in [1.54, 1.807) is 13.8 Å². The highest BCUT2D eigenvalue weighted by Gasteiger charge is 2.26. The lowest BCUT2D eigenvalue weighted by Gasteiger charge is -2.19. The highest BCUT2D eigenvalue weighted by molar-refractivity contribution is 9.11. The van der Waals surface area contributed by atoms with Gasteiger partial charge in [0.05, 0.1) is 20.6 Å². The van der Waals surface area contributed by atoms with Crippen molar-refractivity contribution in [1.29, 1.82) is 0 Å². The lowest BCUT2D eigenvalue weighted by molar-refractivity contribution is -0.119. The topological polar surface area (TPSA) is 106 Å². The molecule has 152 valence electrons. The average molecular weight is 511 g/mol. The number of carbonyl (C=O) groups excluding carboxylic acids is 2. The predicted molar refractivity (Wildman–Crippen MR) is 110 cm³/mol. The molecule has 0 unspecified atom stereocenters. The molecule has 0 saturated carbocycles. The first-order valence-electron chi connectivity index (χ1n) is 8.07. The number of hydrogen-bond donors (Lipinski definition) is 1. The minimum Gasteiger partial charge on any atom is -0.452 e. The summed E-state index contributed by atoms with van der Waals surface area (Å²) in [5.74, 6) is -1.41. The molecule has 0 fully saturated rings. The standard InChI is InChI=1S/C16H17BrClN3O5S2/c1-3-21(4-2)28(24,25)12-7-10(5-6-11(12)18)15(23)26-9-14(22)20-16-19-8-13(17)27-16/h5-8H,3-4,9H2,1-2H3,(H,19,20,22). The van der Waals surface area contributed by atoms with Gasteiger partial charge in [-0.1, -0.05) is 36.8 Å². The van der Waals surface area contributed by atoms with E-state index < -0.39 is 28.5 Å². The molecule has 0 atom stereocenters. The van der Waals surface area contributed by atoms with E-state index in [1.165, 1.54) is 34.0 Å². The fourth-order valence-corrected chi connectivity index (χ4v) is 5.29. The molecule has 8 nitrogen and oxygen atoms in total. The van der Waals surface area contributed by atoms with Crippen molar-refractivity contribution in [2.75, 3.05) is 25.0 Å². The number of ether oxygens (including phenoxy) is 1. The van der Waals surface area contributed by atoms with Crippen LogP contribution in [0.1, 0.15) is 24.2 Å². The van der Waals surface area contributed by atoms with Crippen LogP contribution in [0.5, 0.6) is 0 Å². The number of amides is 1. The van der Waals surface area contributed by atoms with Crippen LogP contribution >= 0.6 is 38.9 Å². The Balaban J connectivity index is 2.10. The molecule has 0 saturated heterocycles. The molecule has 1 amide bonds. The van der Waals surface area contributed by atoms with Crippen molar-refractivity contribution >= 4 is 65.9 Å². The van der Waals surface area contributed by atoms with Crippen molar-refractivity contribution in [1.82, 2.24) is 9.29 Å². The molecule has 1 aromatic carbocycles. The van der Waals surface area contributed by atoms with Gasteiger partial charge < -0.3 is 4.74 Å². The maximum absolute atomic E-state index is 12.7. The third-order valence-corrected chi connectivity index (χ3v) is 7.47. The molecule has 2 aromatic rings. The van der Waals surface area contributed by atoms with Crippen LogP contribution in [0.4, 0.5) is 5.13 Å². The number of nitrogens with zero attached hydrogens (tertiary/aromatic N) is 2. The number of benzene rings is 1. The van der Waals surface area contributed by atoms with E-state index in [-0.39, 0.29) is 28.6 Å². The largest absolute Gasteiger partial charge is 0.452 e. The number of rotatable bonds is 8. The molecule has 0 bridgehead atoms. The summed E-state index contributed by atoms with van der Waals surface area (Å²) in [6.45, 7) is 3.38. The first kappa shape index (κ1) is 22.8. The van der Waals surface area contributed by atoms with Gasteiger partial charge in [-0.05, 0) is 34.1 Å². The molecule has 0 aliphatic heterocycles. The Morgan fingerprint density at radius 2 is 2.00 bits per heavy atom. The highest BCUT2D eigenvalue weighted by atomic mass is 79.9. The second-order valence-electron chi connectivity index (χ2n) is 5.33. The number of hydrogen-bond acceptors (Lipinski definition) is 7. The summed E-state index contributed by atoms with van der Waals surface area (Å²) in [6.07, 6.45) is 1.53. The molecule has 1 heterocycles. The summed E-state index contributed by atoms with van der Waals surface area (Å²) in [5, 5.41) is 2.83. The van der Waals surface area contributed by atoms with E-state index in [1.807, 2.05) is 0 Å². The number of sulfonamides is 1. The van der Waals surface area contributed by atoms with Gasteiger partial charge in [-0.2, -0.15) is 4.31 Å². The Bertz CT molecular complexity index is 976. The van der Waals surface area contributed by atoms with Crippen LogP contribution in [-0.4, -0.2) is 49.3 Å². The number of nitrogens with one attached hydrogen (secondary N) is 1. The molecule has 2 rings (SSSR count). The Morgan fingerprint density at radius 1 is 1.32 bits per heavy atom. The van der Waals surface area contributed by atoms with Crippen LogP contribution in [0.2, 0.25) is 5.02 Å². The van der Waals surface area contributed by atoms with Gasteiger partial charge >= 0.3 is 5.97 Å².